The van der Waals surface area contributed by atoms with Crippen LogP contribution < -0.4 is 0 Å². The number of nitrogens with one attached hydrogen (secondary N) is 2. The molecule has 7 nitrogen and oxygen atoms in total. The van der Waals surface area contributed by atoms with Crippen molar-refractivity contribution in [3.05, 3.63) is 29.8 Å². The van der Waals surface area contributed by atoms with E-state index in [0.29, 0.717) is 5.69 Å². The molecule has 2 heterocycles. The number of aryl methyl sites for hydroxylation is 1. The first kappa shape index (κ1) is 11.8. The summed E-state index contributed by atoms with van der Waals surface area (Å²) in [6.45, 7) is 1.94. The number of H-pyrrole nitrogens is 2. The van der Waals surface area contributed by atoms with Crippen molar-refractivity contribution in [2.24, 2.45) is 0 Å². The fourth-order valence-electron chi connectivity index (χ4n) is 1.47. The Labute approximate surface area is 98.9 Å². The molecule has 92 valence electrons. The largest absolute Gasteiger partial charge is 0.285 e. The first-order valence-corrected chi connectivity index (χ1v) is 6.40. The lowest BCUT2D eigenvalue weighted by molar-refractivity contribution is 0.466. The number of hydrogen-bond acceptors (Lipinski definition) is 4. The highest BCUT2D eigenvalue weighted by Gasteiger charge is 2.24. The van der Waals surface area contributed by atoms with Gasteiger partial charge in [0.15, 0.2) is 0 Å². The van der Waals surface area contributed by atoms with Gasteiger partial charge in [-0.15, -0.1) is 0 Å². The number of aromatic nitrogens is 4. The lowest BCUT2D eigenvalue weighted by Gasteiger charge is -2.15. The first-order valence-electron chi connectivity index (χ1n) is 4.96. The van der Waals surface area contributed by atoms with Crippen LogP contribution in [0.15, 0.2) is 23.5 Å². The molecular formula is C9H13N5O2S. The second-order valence-electron chi connectivity index (χ2n) is 3.73. The second-order valence-corrected chi connectivity index (χ2v) is 5.74. The van der Waals surface area contributed by atoms with Gasteiger partial charge in [-0.1, -0.05) is 0 Å². The lowest BCUT2D eigenvalue weighted by Crippen LogP contribution is -2.26. The van der Waals surface area contributed by atoms with Crippen molar-refractivity contribution < 1.29 is 8.42 Å². The van der Waals surface area contributed by atoms with E-state index in [4.69, 9.17) is 0 Å². The smallest absolute Gasteiger partial charge is 0.246 e. The summed E-state index contributed by atoms with van der Waals surface area (Å²) < 4.78 is 25.6. The molecule has 0 saturated heterocycles. The van der Waals surface area contributed by atoms with Crippen LogP contribution in [0.4, 0.5) is 0 Å². The molecule has 0 bridgehead atoms. The standard InChI is InChI=1S/C9H13N5O2S/c1-7-9(5-12-13-7)17(15,16)14(2)6-8-3-10-11-4-8/h3-5H,6H2,1-2H3,(H,10,11)(H,12,13). The van der Waals surface area contributed by atoms with Gasteiger partial charge in [0.2, 0.25) is 10.0 Å². The summed E-state index contributed by atoms with van der Waals surface area (Å²) in [5.74, 6) is 0. The van der Waals surface area contributed by atoms with E-state index in [1.54, 1.807) is 19.3 Å². The monoisotopic (exact) mass is 255 g/mol. The molecule has 2 N–H and O–H groups in total. The van der Waals surface area contributed by atoms with E-state index in [1.165, 1.54) is 17.5 Å². The molecule has 0 amide bonds. The van der Waals surface area contributed by atoms with Crippen LogP contribution in [-0.4, -0.2) is 40.2 Å². The van der Waals surface area contributed by atoms with E-state index in [1.807, 2.05) is 0 Å². The molecule has 2 aromatic heterocycles. The zero-order valence-corrected chi connectivity index (χ0v) is 10.3. The van der Waals surface area contributed by atoms with E-state index >= 15 is 0 Å². The second kappa shape index (κ2) is 4.30. The summed E-state index contributed by atoms with van der Waals surface area (Å²) in [4.78, 5) is 0.198. The molecule has 0 aliphatic rings. The third-order valence-corrected chi connectivity index (χ3v) is 4.35. The Kier molecular flexibility index (Phi) is 2.99. The van der Waals surface area contributed by atoms with Crippen molar-refractivity contribution in [3.8, 4) is 0 Å². The van der Waals surface area contributed by atoms with Crippen LogP contribution in [0.3, 0.4) is 0 Å². The van der Waals surface area contributed by atoms with Crippen molar-refractivity contribution in [1.29, 1.82) is 0 Å². The zero-order valence-electron chi connectivity index (χ0n) is 9.51. The molecule has 0 unspecified atom stereocenters. The average molecular weight is 255 g/mol. The number of hydrogen-bond donors (Lipinski definition) is 2. The number of sulfonamides is 1. The van der Waals surface area contributed by atoms with Gasteiger partial charge in [0.25, 0.3) is 0 Å². The van der Waals surface area contributed by atoms with E-state index in [2.05, 4.69) is 20.4 Å². The summed E-state index contributed by atoms with van der Waals surface area (Å²) in [6.07, 6.45) is 4.57. The van der Waals surface area contributed by atoms with Crippen LogP contribution in [0.2, 0.25) is 0 Å². The molecular weight excluding hydrogens is 242 g/mol. The van der Waals surface area contributed by atoms with Crippen molar-refractivity contribution in [2.45, 2.75) is 18.4 Å². The molecule has 0 saturated carbocycles. The molecule has 0 aliphatic carbocycles. The van der Waals surface area contributed by atoms with Crippen LogP contribution in [0, 0.1) is 6.92 Å². The number of nitrogens with zero attached hydrogens (tertiary/aromatic N) is 3. The number of aromatic amines is 2. The summed E-state index contributed by atoms with van der Waals surface area (Å²) in [6, 6.07) is 0. The lowest BCUT2D eigenvalue weighted by atomic mass is 10.4. The SMILES string of the molecule is Cc1[nH]ncc1S(=O)(=O)N(C)Cc1cn[nH]c1. The Balaban J connectivity index is 2.25. The predicted molar refractivity (Wildman–Crippen MR) is 60.6 cm³/mol. The molecule has 0 aliphatic heterocycles. The summed E-state index contributed by atoms with van der Waals surface area (Å²) in [5.41, 5.74) is 1.33. The van der Waals surface area contributed by atoms with Crippen LogP contribution in [0.25, 0.3) is 0 Å². The minimum Gasteiger partial charge on any atom is -0.285 e. The van der Waals surface area contributed by atoms with Crippen molar-refractivity contribution in [3.63, 3.8) is 0 Å². The fourth-order valence-corrected chi connectivity index (χ4v) is 2.75. The molecule has 2 aromatic rings. The molecule has 17 heavy (non-hydrogen) atoms. The van der Waals surface area contributed by atoms with Gasteiger partial charge < -0.3 is 0 Å². The van der Waals surface area contributed by atoms with Crippen molar-refractivity contribution in [2.75, 3.05) is 7.05 Å². The van der Waals surface area contributed by atoms with Gasteiger partial charge in [-0.05, 0) is 6.92 Å². The topological polar surface area (TPSA) is 94.7 Å². The molecule has 0 spiro atoms. The van der Waals surface area contributed by atoms with E-state index in [9.17, 15) is 8.42 Å². The van der Waals surface area contributed by atoms with Gasteiger partial charge >= 0.3 is 0 Å². The molecule has 2 rings (SSSR count). The molecule has 0 radical (unpaired) electrons. The summed E-state index contributed by atoms with van der Waals surface area (Å²) in [5, 5.41) is 12.7. The molecule has 0 fully saturated rings. The maximum atomic E-state index is 12.2. The fraction of sp³-hybridized carbons (Fsp3) is 0.333. The Morgan fingerprint density at radius 1 is 1.35 bits per heavy atom. The van der Waals surface area contributed by atoms with E-state index < -0.39 is 10.0 Å². The van der Waals surface area contributed by atoms with E-state index in [0.717, 1.165) is 5.56 Å². The van der Waals surface area contributed by atoms with Crippen LogP contribution in [0.5, 0.6) is 0 Å². The van der Waals surface area contributed by atoms with Crippen LogP contribution in [0.1, 0.15) is 11.3 Å². The number of rotatable bonds is 4. The molecule has 0 atom stereocenters. The molecule has 0 aromatic carbocycles. The maximum Gasteiger partial charge on any atom is 0.246 e. The van der Waals surface area contributed by atoms with E-state index in [-0.39, 0.29) is 11.4 Å². The maximum absolute atomic E-state index is 12.2. The summed E-state index contributed by atoms with van der Waals surface area (Å²) >= 11 is 0. The minimum absolute atomic E-state index is 0.198. The highest BCUT2D eigenvalue weighted by molar-refractivity contribution is 7.89. The highest BCUT2D eigenvalue weighted by Crippen LogP contribution is 2.17. The third-order valence-electron chi connectivity index (χ3n) is 2.43. The quantitative estimate of drug-likeness (QED) is 0.819. The first-order chi connectivity index (χ1) is 8.01. The average Bonchev–Trinajstić information content (AvgIpc) is 2.89. The Morgan fingerprint density at radius 2 is 2.12 bits per heavy atom. The Morgan fingerprint density at radius 3 is 2.65 bits per heavy atom. The van der Waals surface area contributed by atoms with Crippen LogP contribution in [-0.2, 0) is 16.6 Å². The predicted octanol–water partition coefficient (Wildman–Crippen LogP) is 0.262. The Bertz CT molecular complexity index is 587. The Hall–Kier alpha value is -1.67. The third kappa shape index (κ3) is 2.22. The van der Waals surface area contributed by atoms with Gasteiger partial charge in [-0.2, -0.15) is 14.5 Å². The van der Waals surface area contributed by atoms with Crippen molar-refractivity contribution in [1.82, 2.24) is 24.7 Å². The van der Waals surface area contributed by atoms with Crippen LogP contribution >= 0.6 is 0 Å². The van der Waals surface area contributed by atoms with Crippen molar-refractivity contribution >= 4 is 10.0 Å². The molecule has 8 heteroatoms. The minimum atomic E-state index is -3.50. The normalized spacial score (nSPS) is 12.2. The van der Waals surface area contributed by atoms with Gasteiger partial charge in [-0.3, -0.25) is 10.2 Å². The van der Waals surface area contributed by atoms with Gasteiger partial charge in [-0.25, -0.2) is 8.42 Å². The van der Waals surface area contributed by atoms with Gasteiger partial charge in [0.05, 0.1) is 18.1 Å². The summed E-state index contributed by atoms with van der Waals surface area (Å²) in [7, 11) is -1.98. The van der Waals surface area contributed by atoms with Gasteiger partial charge in [0, 0.05) is 25.4 Å². The zero-order chi connectivity index (χ0) is 12.5. The van der Waals surface area contributed by atoms with Gasteiger partial charge in [0.1, 0.15) is 4.90 Å². The highest BCUT2D eigenvalue weighted by atomic mass is 32.2.